The summed E-state index contributed by atoms with van der Waals surface area (Å²) < 4.78 is 0. The van der Waals surface area contributed by atoms with Crippen molar-refractivity contribution in [1.82, 2.24) is 4.90 Å². The molecule has 0 unspecified atom stereocenters. The lowest BCUT2D eigenvalue weighted by Gasteiger charge is -2.19. The van der Waals surface area contributed by atoms with Crippen LogP contribution in [-0.2, 0) is 0 Å². The molecule has 0 saturated heterocycles. The summed E-state index contributed by atoms with van der Waals surface area (Å²) in [6, 6.07) is 9.32. The molecule has 2 heteroatoms. The SMILES string of the molecule is C#CCN(CC1CC1)C(=O)c1ccccc1. The quantitative estimate of drug-likeness (QED) is 0.702. The molecule has 1 saturated carbocycles. The van der Waals surface area contributed by atoms with E-state index < -0.39 is 0 Å². The van der Waals surface area contributed by atoms with Gasteiger partial charge in [-0.15, -0.1) is 6.42 Å². The maximum Gasteiger partial charge on any atom is 0.254 e. The topological polar surface area (TPSA) is 20.3 Å². The summed E-state index contributed by atoms with van der Waals surface area (Å²) in [5.74, 6) is 3.27. The van der Waals surface area contributed by atoms with Gasteiger partial charge in [-0.05, 0) is 30.9 Å². The largest absolute Gasteiger partial charge is 0.327 e. The Labute approximate surface area is 96.3 Å². The van der Waals surface area contributed by atoms with Gasteiger partial charge in [0.25, 0.3) is 5.91 Å². The Morgan fingerprint density at radius 2 is 2.06 bits per heavy atom. The molecule has 0 heterocycles. The number of nitrogens with zero attached hydrogens (tertiary/aromatic N) is 1. The van der Waals surface area contributed by atoms with Gasteiger partial charge >= 0.3 is 0 Å². The van der Waals surface area contributed by atoms with Crippen molar-refractivity contribution in [1.29, 1.82) is 0 Å². The van der Waals surface area contributed by atoms with E-state index in [9.17, 15) is 4.79 Å². The third-order valence-corrected chi connectivity index (χ3v) is 2.77. The van der Waals surface area contributed by atoms with Crippen molar-refractivity contribution in [2.45, 2.75) is 12.8 Å². The molecule has 2 nitrogen and oxygen atoms in total. The zero-order valence-corrected chi connectivity index (χ0v) is 9.23. The highest BCUT2D eigenvalue weighted by Gasteiger charge is 2.26. The van der Waals surface area contributed by atoms with Crippen LogP contribution in [0, 0.1) is 18.3 Å². The second-order valence-corrected chi connectivity index (χ2v) is 4.20. The fourth-order valence-electron chi connectivity index (χ4n) is 1.70. The first-order valence-corrected chi connectivity index (χ1v) is 5.59. The van der Waals surface area contributed by atoms with Crippen LogP contribution in [0.3, 0.4) is 0 Å². The molecule has 1 aromatic carbocycles. The van der Waals surface area contributed by atoms with Crippen LogP contribution in [0.5, 0.6) is 0 Å². The average Bonchev–Trinajstić information content (AvgIpc) is 3.13. The highest BCUT2D eigenvalue weighted by Crippen LogP contribution is 2.30. The number of rotatable bonds is 4. The van der Waals surface area contributed by atoms with Gasteiger partial charge in [0.15, 0.2) is 0 Å². The third-order valence-electron chi connectivity index (χ3n) is 2.77. The zero-order valence-electron chi connectivity index (χ0n) is 9.23. The first-order valence-electron chi connectivity index (χ1n) is 5.59. The van der Waals surface area contributed by atoms with Crippen molar-refractivity contribution in [2.24, 2.45) is 5.92 Å². The summed E-state index contributed by atoms with van der Waals surface area (Å²) >= 11 is 0. The van der Waals surface area contributed by atoms with Crippen molar-refractivity contribution in [3.8, 4) is 12.3 Å². The smallest absolute Gasteiger partial charge is 0.254 e. The minimum absolute atomic E-state index is 0.0467. The summed E-state index contributed by atoms with van der Waals surface area (Å²) in [6.45, 7) is 1.21. The first-order chi connectivity index (χ1) is 7.81. The molecule has 0 aliphatic heterocycles. The molecule has 1 aliphatic carbocycles. The lowest BCUT2D eigenvalue weighted by molar-refractivity contribution is 0.0770. The Morgan fingerprint density at radius 3 is 2.62 bits per heavy atom. The molecule has 0 bridgehead atoms. The summed E-state index contributed by atoms with van der Waals surface area (Å²) in [5, 5.41) is 0. The Kier molecular flexibility index (Phi) is 3.26. The van der Waals surface area contributed by atoms with E-state index in [1.807, 2.05) is 30.3 Å². The van der Waals surface area contributed by atoms with Crippen LogP contribution in [0.1, 0.15) is 23.2 Å². The van der Waals surface area contributed by atoms with Crippen LogP contribution in [0.15, 0.2) is 30.3 Å². The minimum atomic E-state index is 0.0467. The van der Waals surface area contributed by atoms with E-state index in [0.717, 1.165) is 12.1 Å². The average molecular weight is 213 g/mol. The van der Waals surface area contributed by atoms with Crippen molar-refractivity contribution in [3.63, 3.8) is 0 Å². The van der Waals surface area contributed by atoms with E-state index >= 15 is 0 Å². The Morgan fingerprint density at radius 1 is 1.38 bits per heavy atom. The molecule has 0 radical (unpaired) electrons. The molecule has 0 aromatic heterocycles. The van der Waals surface area contributed by atoms with E-state index in [0.29, 0.717) is 12.5 Å². The zero-order chi connectivity index (χ0) is 11.4. The number of hydrogen-bond acceptors (Lipinski definition) is 1. The number of benzene rings is 1. The molecule has 1 amide bonds. The standard InChI is InChI=1S/C14H15NO/c1-2-10-15(11-12-8-9-12)14(16)13-6-4-3-5-7-13/h1,3-7,12H,8-11H2. The van der Waals surface area contributed by atoms with E-state index in [2.05, 4.69) is 5.92 Å². The second kappa shape index (κ2) is 4.85. The van der Waals surface area contributed by atoms with Gasteiger partial charge in [0.05, 0.1) is 6.54 Å². The maximum absolute atomic E-state index is 12.1. The second-order valence-electron chi connectivity index (χ2n) is 4.20. The molecule has 16 heavy (non-hydrogen) atoms. The van der Waals surface area contributed by atoms with E-state index in [1.165, 1.54) is 12.8 Å². The first kappa shape index (κ1) is 10.8. The Bertz CT molecular complexity index is 400. The van der Waals surface area contributed by atoms with Crippen molar-refractivity contribution in [3.05, 3.63) is 35.9 Å². The van der Waals surface area contributed by atoms with Gasteiger partial charge in [-0.3, -0.25) is 4.79 Å². The Balaban J connectivity index is 2.07. The predicted octanol–water partition coefficient (Wildman–Crippen LogP) is 2.17. The predicted molar refractivity (Wildman–Crippen MR) is 63.9 cm³/mol. The molecule has 2 rings (SSSR count). The monoisotopic (exact) mass is 213 g/mol. The summed E-state index contributed by atoms with van der Waals surface area (Å²) in [5.41, 5.74) is 0.721. The number of carbonyl (C=O) groups excluding carboxylic acids is 1. The minimum Gasteiger partial charge on any atom is -0.327 e. The highest BCUT2D eigenvalue weighted by atomic mass is 16.2. The Hall–Kier alpha value is -1.75. The van der Waals surface area contributed by atoms with E-state index in [4.69, 9.17) is 6.42 Å². The van der Waals surface area contributed by atoms with Crippen LogP contribution in [0.2, 0.25) is 0 Å². The third kappa shape index (κ3) is 2.64. The van der Waals surface area contributed by atoms with Crippen LogP contribution in [-0.4, -0.2) is 23.9 Å². The van der Waals surface area contributed by atoms with Crippen molar-refractivity contribution < 1.29 is 4.79 Å². The maximum atomic E-state index is 12.1. The van der Waals surface area contributed by atoms with Gasteiger partial charge in [0, 0.05) is 12.1 Å². The van der Waals surface area contributed by atoms with Gasteiger partial charge < -0.3 is 4.90 Å². The normalized spacial score (nSPS) is 14.2. The van der Waals surface area contributed by atoms with E-state index in [1.54, 1.807) is 4.90 Å². The van der Waals surface area contributed by atoms with Crippen LogP contribution >= 0.6 is 0 Å². The van der Waals surface area contributed by atoms with Crippen LogP contribution in [0.4, 0.5) is 0 Å². The lowest BCUT2D eigenvalue weighted by atomic mass is 10.2. The summed E-state index contributed by atoms with van der Waals surface area (Å²) in [7, 11) is 0. The highest BCUT2D eigenvalue weighted by molar-refractivity contribution is 5.94. The molecule has 1 aliphatic rings. The molecule has 0 atom stereocenters. The van der Waals surface area contributed by atoms with Crippen LogP contribution < -0.4 is 0 Å². The number of terminal acetylenes is 1. The molecular weight excluding hydrogens is 198 g/mol. The van der Waals surface area contributed by atoms with Crippen molar-refractivity contribution >= 4 is 5.91 Å². The molecular formula is C14H15NO. The fourth-order valence-corrected chi connectivity index (χ4v) is 1.70. The lowest BCUT2D eigenvalue weighted by Crippen LogP contribution is -2.33. The van der Waals surface area contributed by atoms with E-state index in [-0.39, 0.29) is 5.91 Å². The van der Waals surface area contributed by atoms with Gasteiger partial charge in [0.1, 0.15) is 0 Å². The van der Waals surface area contributed by atoms with Crippen LogP contribution in [0.25, 0.3) is 0 Å². The van der Waals surface area contributed by atoms with Gasteiger partial charge in [0.2, 0.25) is 0 Å². The van der Waals surface area contributed by atoms with Crippen molar-refractivity contribution in [2.75, 3.05) is 13.1 Å². The van der Waals surface area contributed by atoms with Gasteiger partial charge in [-0.25, -0.2) is 0 Å². The number of hydrogen-bond donors (Lipinski definition) is 0. The molecule has 0 N–H and O–H groups in total. The van der Waals surface area contributed by atoms with Gasteiger partial charge in [-0.2, -0.15) is 0 Å². The summed E-state index contributed by atoms with van der Waals surface area (Å²) in [4.78, 5) is 13.9. The molecule has 0 spiro atoms. The number of carbonyl (C=O) groups is 1. The summed E-state index contributed by atoms with van der Waals surface area (Å²) in [6.07, 6.45) is 7.75. The van der Waals surface area contributed by atoms with Gasteiger partial charge in [-0.1, -0.05) is 24.1 Å². The molecule has 1 fully saturated rings. The molecule has 1 aromatic rings. The number of amides is 1. The fraction of sp³-hybridized carbons (Fsp3) is 0.357. The molecule has 82 valence electrons.